The molecular weight excluding hydrogens is 270 g/mol. The van der Waals surface area contributed by atoms with Crippen molar-refractivity contribution in [3.63, 3.8) is 0 Å². The van der Waals surface area contributed by atoms with Gasteiger partial charge in [0, 0.05) is 35.3 Å². The van der Waals surface area contributed by atoms with Crippen LogP contribution in [0, 0.1) is 0 Å². The fourth-order valence-corrected chi connectivity index (χ4v) is 2.63. The van der Waals surface area contributed by atoms with Crippen molar-refractivity contribution < 1.29 is 9.90 Å². The van der Waals surface area contributed by atoms with Gasteiger partial charge < -0.3 is 10.0 Å². The monoisotopic (exact) mass is 287 g/mol. The Hall–Kier alpha value is -0.870. The summed E-state index contributed by atoms with van der Waals surface area (Å²) in [6.07, 6.45) is 0.194. The smallest absolute Gasteiger partial charge is 0.304 e. The minimum Gasteiger partial charge on any atom is -0.481 e. The number of alkyl halides is 1. The van der Waals surface area contributed by atoms with E-state index in [1.165, 1.54) is 0 Å². The maximum atomic E-state index is 10.4. The number of hydrogen-bond donors (Lipinski definition) is 1. The molecule has 18 heavy (non-hydrogen) atoms. The van der Waals surface area contributed by atoms with Crippen molar-refractivity contribution in [2.75, 3.05) is 29.6 Å². The Kier molecular flexibility index (Phi) is 6.98. The molecule has 0 saturated heterocycles. The predicted octanol–water partition coefficient (Wildman–Crippen LogP) is 3.32. The topological polar surface area (TPSA) is 40.5 Å². The molecule has 0 fully saturated rings. The van der Waals surface area contributed by atoms with Gasteiger partial charge >= 0.3 is 5.97 Å². The zero-order valence-corrected chi connectivity index (χ0v) is 12.0. The normalized spacial score (nSPS) is 10.3. The molecule has 0 amide bonds. The number of benzene rings is 1. The lowest BCUT2D eigenvalue weighted by Gasteiger charge is -2.22. The quantitative estimate of drug-likeness (QED) is 0.588. The van der Waals surface area contributed by atoms with Gasteiger partial charge in [0.2, 0.25) is 0 Å². The Labute approximate surface area is 117 Å². The van der Waals surface area contributed by atoms with Crippen molar-refractivity contribution in [1.82, 2.24) is 0 Å². The van der Waals surface area contributed by atoms with E-state index in [4.69, 9.17) is 16.7 Å². The molecule has 1 rings (SSSR count). The highest BCUT2D eigenvalue weighted by molar-refractivity contribution is 7.99. The standard InChI is InChI=1S/C13H18ClNO2S/c1-2-15(9-8-14)11-3-5-12(6-4-11)18-10-7-13(16)17/h3-6H,2,7-10H2,1H3,(H,16,17). The Balaban J connectivity index is 2.53. The van der Waals surface area contributed by atoms with E-state index in [1.807, 2.05) is 12.1 Å². The SMILES string of the molecule is CCN(CCCl)c1ccc(SCCC(=O)O)cc1. The number of anilines is 1. The molecule has 0 radical (unpaired) electrons. The minimum absolute atomic E-state index is 0.194. The Morgan fingerprint density at radius 3 is 2.56 bits per heavy atom. The second-order valence-corrected chi connectivity index (χ2v) is 5.30. The second kappa shape index (κ2) is 8.27. The molecule has 1 aromatic rings. The second-order valence-electron chi connectivity index (χ2n) is 3.75. The molecule has 0 aliphatic heterocycles. The van der Waals surface area contributed by atoms with Gasteiger partial charge in [0.15, 0.2) is 0 Å². The summed E-state index contributed by atoms with van der Waals surface area (Å²) < 4.78 is 0. The summed E-state index contributed by atoms with van der Waals surface area (Å²) in [5.74, 6) is 0.468. The third-order valence-corrected chi connectivity index (χ3v) is 3.71. The summed E-state index contributed by atoms with van der Waals surface area (Å²) >= 11 is 7.32. The molecule has 0 spiro atoms. The van der Waals surface area contributed by atoms with Gasteiger partial charge in [-0.1, -0.05) is 0 Å². The fraction of sp³-hybridized carbons (Fsp3) is 0.462. The number of rotatable bonds is 8. The van der Waals surface area contributed by atoms with Crippen LogP contribution in [0.25, 0.3) is 0 Å². The van der Waals surface area contributed by atoms with Crippen molar-refractivity contribution >= 4 is 35.0 Å². The van der Waals surface area contributed by atoms with E-state index in [0.29, 0.717) is 11.6 Å². The number of thioether (sulfide) groups is 1. The van der Waals surface area contributed by atoms with Crippen LogP contribution < -0.4 is 4.90 Å². The number of hydrogen-bond acceptors (Lipinski definition) is 3. The van der Waals surface area contributed by atoms with Crippen LogP contribution in [0.1, 0.15) is 13.3 Å². The van der Waals surface area contributed by atoms with E-state index in [0.717, 1.165) is 23.7 Å². The van der Waals surface area contributed by atoms with Crippen molar-refractivity contribution in [1.29, 1.82) is 0 Å². The molecule has 0 saturated carbocycles. The first kappa shape index (κ1) is 15.2. The van der Waals surface area contributed by atoms with E-state index in [9.17, 15) is 4.79 Å². The summed E-state index contributed by atoms with van der Waals surface area (Å²) in [4.78, 5) is 13.7. The average Bonchev–Trinajstić information content (AvgIpc) is 2.36. The van der Waals surface area contributed by atoms with E-state index in [2.05, 4.69) is 24.0 Å². The molecule has 0 atom stereocenters. The molecule has 0 aliphatic rings. The fourth-order valence-electron chi connectivity index (χ4n) is 1.58. The average molecular weight is 288 g/mol. The van der Waals surface area contributed by atoms with Crippen LogP contribution in [0.15, 0.2) is 29.2 Å². The molecule has 0 heterocycles. The number of aliphatic carboxylic acids is 1. The lowest BCUT2D eigenvalue weighted by Crippen LogP contribution is -2.24. The molecule has 0 bridgehead atoms. The molecule has 0 aromatic heterocycles. The molecule has 0 unspecified atom stereocenters. The lowest BCUT2D eigenvalue weighted by molar-refractivity contribution is -0.136. The number of carboxylic acids is 1. The van der Waals surface area contributed by atoms with Crippen molar-refractivity contribution in [3.8, 4) is 0 Å². The molecular formula is C13H18ClNO2S. The molecule has 1 N–H and O–H groups in total. The third kappa shape index (κ3) is 5.19. The number of nitrogens with zero attached hydrogens (tertiary/aromatic N) is 1. The van der Waals surface area contributed by atoms with Gasteiger partial charge in [-0.25, -0.2) is 0 Å². The molecule has 3 nitrogen and oxygen atoms in total. The summed E-state index contributed by atoms with van der Waals surface area (Å²) in [5, 5.41) is 8.57. The zero-order valence-electron chi connectivity index (χ0n) is 10.4. The van der Waals surface area contributed by atoms with Gasteiger partial charge in [-0.2, -0.15) is 0 Å². The maximum Gasteiger partial charge on any atom is 0.304 e. The summed E-state index contributed by atoms with van der Waals surface area (Å²) in [6, 6.07) is 8.16. The maximum absolute atomic E-state index is 10.4. The van der Waals surface area contributed by atoms with Crippen LogP contribution in [0.5, 0.6) is 0 Å². The molecule has 5 heteroatoms. The Morgan fingerprint density at radius 1 is 1.39 bits per heavy atom. The van der Waals surface area contributed by atoms with E-state index in [-0.39, 0.29) is 6.42 Å². The van der Waals surface area contributed by atoms with Gasteiger partial charge in [-0.15, -0.1) is 23.4 Å². The van der Waals surface area contributed by atoms with Crippen molar-refractivity contribution in [2.24, 2.45) is 0 Å². The van der Waals surface area contributed by atoms with Gasteiger partial charge in [0.25, 0.3) is 0 Å². The van der Waals surface area contributed by atoms with E-state index < -0.39 is 5.97 Å². The summed E-state index contributed by atoms with van der Waals surface area (Å²) in [5.41, 5.74) is 1.15. The first-order valence-corrected chi connectivity index (χ1v) is 7.45. The lowest BCUT2D eigenvalue weighted by atomic mass is 10.3. The van der Waals surface area contributed by atoms with Gasteiger partial charge in [-0.3, -0.25) is 4.79 Å². The molecule has 1 aromatic carbocycles. The van der Waals surface area contributed by atoms with Gasteiger partial charge in [0.1, 0.15) is 0 Å². The summed E-state index contributed by atoms with van der Waals surface area (Å²) in [7, 11) is 0. The zero-order chi connectivity index (χ0) is 13.4. The van der Waals surface area contributed by atoms with E-state index in [1.54, 1.807) is 11.8 Å². The highest BCUT2D eigenvalue weighted by Gasteiger charge is 2.04. The predicted molar refractivity (Wildman–Crippen MR) is 78.0 cm³/mol. The van der Waals surface area contributed by atoms with Crippen LogP contribution in [0.3, 0.4) is 0 Å². The van der Waals surface area contributed by atoms with Crippen molar-refractivity contribution in [3.05, 3.63) is 24.3 Å². The van der Waals surface area contributed by atoms with Crippen LogP contribution in [-0.2, 0) is 4.79 Å². The highest BCUT2D eigenvalue weighted by atomic mass is 35.5. The van der Waals surface area contributed by atoms with Gasteiger partial charge in [-0.05, 0) is 31.2 Å². The first-order chi connectivity index (χ1) is 8.67. The number of carboxylic acid groups (broad SMARTS) is 1. The van der Waals surface area contributed by atoms with Gasteiger partial charge in [0.05, 0.1) is 6.42 Å². The van der Waals surface area contributed by atoms with Crippen LogP contribution in [0.4, 0.5) is 5.69 Å². The largest absolute Gasteiger partial charge is 0.481 e. The van der Waals surface area contributed by atoms with Crippen LogP contribution >= 0.6 is 23.4 Å². The van der Waals surface area contributed by atoms with Crippen LogP contribution in [0.2, 0.25) is 0 Å². The Morgan fingerprint density at radius 2 is 2.06 bits per heavy atom. The van der Waals surface area contributed by atoms with E-state index >= 15 is 0 Å². The molecule has 0 aliphatic carbocycles. The first-order valence-electron chi connectivity index (χ1n) is 5.93. The number of carbonyl (C=O) groups is 1. The summed E-state index contributed by atoms with van der Waals surface area (Å²) in [6.45, 7) is 3.86. The minimum atomic E-state index is -0.751. The highest BCUT2D eigenvalue weighted by Crippen LogP contribution is 2.22. The third-order valence-electron chi connectivity index (χ3n) is 2.52. The number of halogens is 1. The van der Waals surface area contributed by atoms with Crippen molar-refractivity contribution in [2.45, 2.75) is 18.2 Å². The molecule has 100 valence electrons. The Bertz CT molecular complexity index is 370. The van der Waals surface area contributed by atoms with Crippen LogP contribution in [-0.4, -0.2) is 35.8 Å².